The van der Waals surface area contributed by atoms with Crippen LogP contribution in [0.5, 0.6) is 0 Å². The Hall–Kier alpha value is -0.580. The van der Waals surface area contributed by atoms with Gasteiger partial charge in [0.05, 0.1) is 5.33 Å². The number of nitrogens with one attached hydrogen (secondary N) is 1. The summed E-state index contributed by atoms with van der Waals surface area (Å²) in [6.45, 7) is 0. The van der Waals surface area contributed by atoms with Crippen LogP contribution in [0.3, 0.4) is 0 Å². The van der Waals surface area contributed by atoms with Crippen LogP contribution in [-0.4, -0.2) is 28.4 Å². The van der Waals surface area contributed by atoms with Crippen molar-refractivity contribution >= 4 is 27.8 Å². The molecule has 2 N–H and O–H groups in total. The highest BCUT2D eigenvalue weighted by Gasteiger charge is 2.25. The summed E-state index contributed by atoms with van der Waals surface area (Å²) in [4.78, 5) is 21.7. The van der Waals surface area contributed by atoms with Crippen LogP contribution < -0.4 is 5.32 Å². The van der Waals surface area contributed by atoms with Crippen LogP contribution in [0.1, 0.15) is 25.7 Å². The number of carbonyl (C=O) groups excluding carboxylic acids is 1. The summed E-state index contributed by atoms with van der Waals surface area (Å²) in [5.74, 6) is 0.361. The molecule has 1 aliphatic carbocycles. The van der Waals surface area contributed by atoms with Crippen molar-refractivity contribution in [1.29, 1.82) is 0 Å². The van der Waals surface area contributed by atoms with Gasteiger partial charge in [-0.25, -0.2) is 4.79 Å². The number of halogens is 1. The van der Waals surface area contributed by atoms with E-state index in [4.69, 9.17) is 5.11 Å². The average Bonchev–Trinajstić information content (AvgIpc) is 2.17. The topological polar surface area (TPSA) is 66.4 Å². The minimum Gasteiger partial charge on any atom is -0.465 e. The number of Topliss-reactive ketones (excluding diaryl/α,β-unsaturated/α-hetero) is 1. The molecule has 1 rings (SSSR count). The highest BCUT2D eigenvalue weighted by atomic mass is 79.9. The van der Waals surface area contributed by atoms with Gasteiger partial charge in [0.2, 0.25) is 0 Å². The van der Waals surface area contributed by atoms with Crippen LogP contribution in [0.4, 0.5) is 4.79 Å². The molecule has 0 aromatic rings. The van der Waals surface area contributed by atoms with Gasteiger partial charge in [-0.2, -0.15) is 0 Å². The molecule has 0 radical (unpaired) electrons. The van der Waals surface area contributed by atoms with Crippen molar-refractivity contribution in [2.75, 3.05) is 5.33 Å². The largest absolute Gasteiger partial charge is 0.465 e. The lowest BCUT2D eigenvalue weighted by atomic mass is 9.84. The van der Waals surface area contributed by atoms with Gasteiger partial charge in [0.1, 0.15) is 5.78 Å². The number of hydrogen-bond acceptors (Lipinski definition) is 2. The average molecular weight is 264 g/mol. The number of carboxylic acid groups (broad SMARTS) is 1. The molecule has 4 nitrogen and oxygen atoms in total. The summed E-state index contributed by atoms with van der Waals surface area (Å²) in [5, 5.41) is 11.4. The zero-order valence-electron chi connectivity index (χ0n) is 7.83. The first-order valence-electron chi connectivity index (χ1n) is 4.71. The number of hydrogen-bond donors (Lipinski definition) is 2. The Morgan fingerprint density at radius 3 is 2.29 bits per heavy atom. The van der Waals surface area contributed by atoms with E-state index >= 15 is 0 Å². The minimum absolute atomic E-state index is 0.0341. The number of ketones is 1. The summed E-state index contributed by atoms with van der Waals surface area (Å²) >= 11 is 3.15. The van der Waals surface area contributed by atoms with Gasteiger partial charge >= 0.3 is 6.09 Å². The fraction of sp³-hybridized carbons (Fsp3) is 0.778. The first-order valence-corrected chi connectivity index (χ1v) is 5.83. The lowest BCUT2D eigenvalue weighted by Crippen LogP contribution is -2.38. The standard InChI is InChI=1S/C9H14BrNO3/c10-5-8(12)6-1-3-7(4-2-6)11-9(13)14/h6-7,11H,1-5H2,(H,13,14). The Morgan fingerprint density at radius 2 is 1.86 bits per heavy atom. The van der Waals surface area contributed by atoms with Crippen molar-refractivity contribution in [2.24, 2.45) is 5.92 Å². The molecule has 0 aliphatic heterocycles. The molecular formula is C9H14BrNO3. The summed E-state index contributed by atoms with van der Waals surface area (Å²) in [5.41, 5.74) is 0. The third-order valence-corrected chi connectivity index (χ3v) is 3.19. The second kappa shape index (κ2) is 5.34. The quantitative estimate of drug-likeness (QED) is 0.763. The van der Waals surface area contributed by atoms with E-state index in [9.17, 15) is 9.59 Å². The van der Waals surface area contributed by atoms with E-state index in [1.165, 1.54) is 0 Å². The molecule has 0 aromatic heterocycles. The summed E-state index contributed by atoms with van der Waals surface area (Å²) in [6.07, 6.45) is 2.18. The second-order valence-corrected chi connectivity index (χ2v) is 4.16. The van der Waals surface area contributed by atoms with E-state index in [-0.39, 0.29) is 17.7 Å². The molecule has 80 valence electrons. The molecule has 0 spiro atoms. The molecule has 1 saturated carbocycles. The van der Waals surface area contributed by atoms with Gasteiger partial charge in [0.25, 0.3) is 0 Å². The van der Waals surface area contributed by atoms with Gasteiger partial charge < -0.3 is 10.4 Å². The van der Waals surface area contributed by atoms with Crippen LogP contribution in [0.25, 0.3) is 0 Å². The van der Waals surface area contributed by atoms with E-state index in [0.717, 1.165) is 25.7 Å². The SMILES string of the molecule is O=C(O)NC1CCC(C(=O)CBr)CC1. The van der Waals surface area contributed by atoms with E-state index in [1.807, 2.05) is 0 Å². The van der Waals surface area contributed by atoms with Crippen LogP contribution in [0.2, 0.25) is 0 Å². The molecule has 1 aliphatic rings. The Labute approximate surface area is 91.2 Å². The second-order valence-electron chi connectivity index (χ2n) is 3.60. The molecule has 0 atom stereocenters. The van der Waals surface area contributed by atoms with E-state index < -0.39 is 6.09 Å². The van der Waals surface area contributed by atoms with Crippen LogP contribution >= 0.6 is 15.9 Å². The van der Waals surface area contributed by atoms with Gasteiger partial charge in [-0.15, -0.1) is 0 Å². The third kappa shape index (κ3) is 3.29. The molecule has 14 heavy (non-hydrogen) atoms. The lowest BCUT2D eigenvalue weighted by Gasteiger charge is -2.26. The first-order chi connectivity index (χ1) is 6.63. The zero-order chi connectivity index (χ0) is 10.6. The zero-order valence-corrected chi connectivity index (χ0v) is 9.42. The molecule has 5 heteroatoms. The van der Waals surface area contributed by atoms with E-state index in [1.54, 1.807) is 0 Å². The van der Waals surface area contributed by atoms with Crippen molar-refractivity contribution in [2.45, 2.75) is 31.7 Å². The minimum atomic E-state index is -0.972. The van der Waals surface area contributed by atoms with Gasteiger partial charge in [0.15, 0.2) is 0 Å². The fourth-order valence-corrected chi connectivity index (χ4v) is 2.30. The summed E-state index contributed by atoms with van der Waals surface area (Å²) < 4.78 is 0. The van der Waals surface area contributed by atoms with Crippen molar-refractivity contribution in [3.8, 4) is 0 Å². The van der Waals surface area contributed by atoms with Gasteiger partial charge in [0, 0.05) is 12.0 Å². The third-order valence-electron chi connectivity index (χ3n) is 2.64. The molecular weight excluding hydrogens is 250 g/mol. The number of carbonyl (C=O) groups is 2. The maximum atomic E-state index is 11.3. The molecule has 1 amide bonds. The van der Waals surface area contributed by atoms with Crippen LogP contribution in [-0.2, 0) is 4.79 Å². The predicted octanol–water partition coefficient (Wildman–Crippen LogP) is 1.78. The smallest absolute Gasteiger partial charge is 0.404 e. The highest BCUT2D eigenvalue weighted by molar-refractivity contribution is 9.09. The van der Waals surface area contributed by atoms with E-state index in [0.29, 0.717) is 5.33 Å². The lowest BCUT2D eigenvalue weighted by molar-refractivity contribution is -0.121. The fourth-order valence-electron chi connectivity index (χ4n) is 1.84. The van der Waals surface area contributed by atoms with Crippen LogP contribution in [0.15, 0.2) is 0 Å². The molecule has 0 saturated heterocycles. The molecule has 1 fully saturated rings. The highest BCUT2D eigenvalue weighted by Crippen LogP contribution is 2.25. The summed E-state index contributed by atoms with van der Waals surface area (Å²) in [6, 6.07) is 0.0341. The number of amides is 1. The van der Waals surface area contributed by atoms with Crippen molar-refractivity contribution < 1.29 is 14.7 Å². The molecule has 0 unspecified atom stereocenters. The number of rotatable bonds is 3. The molecule has 0 aromatic carbocycles. The maximum absolute atomic E-state index is 11.3. The Balaban J connectivity index is 2.31. The van der Waals surface area contributed by atoms with Gasteiger partial charge in [-0.05, 0) is 25.7 Å². The molecule has 0 bridgehead atoms. The first kappa shape index (κ1) is 11.5. The van der Waals surface area contributed by atoms with Crippen LogP contribution in [0, 0.1) is 5.92 Å². The Morgan fingerprint density at radius 1 is 1.29 bits per heavy atom. The number of alkyl halides is 1. The Bertz CT molecular complexity index is 224. The van der Waals surface area contributed by atoms with E-state index in [2.05, 4.69) is 21.2 Å². The molecule has 0 heterocycles. The monoisotopic (exact) mass is 263 g/mol. The normalized spacial score (nSPS) is 26.9. The van der Waals surface area contributed by atoms with Crippen molar-refractivity contribution in [3.05, 3.63) is 0 Å². The summed E-state index contributed by atoms with van der Waals surface area (Å²) in [7, 11) is 0. The van der Waals surface area contributed by atoms with Gasteiger partial charge in [-0.3, -0.25) is 4.79 Å². The Kier molecular flexibility index (Phi) is 4.38. The van der Waals surface area contributed by atoms with Gasteiger partial charge in [-0.1, -0.05) is 15.9 Å². The maximum Gasteiger partial charge on any atom is 0.404 e. The van der Waals surface area contributed by atoms with Crippen molar-refractivity contribution in [1.82, 2.24) is 5.32 Å². The predicted molar refractivity (Wildman–Crippen MR) is 55.7 cm³/mol. The van der Waals surface area contributed by atoms with Crippen molar-refractivity contribution in [3.63, 3.8) is 0 Å².